The fraction of sp³-hybridized carbons (Fsp3) is 0.107. The van der Waals surface area contributed by atoms with E-state index in [9.17, 15) is 0 Å². The number of rotatable bonds is 6. The van der Waals surface area contributed by atoms with Gasteiger partial charge in [-0.25, -0.2) is 0 Å². The molecule has 3 atom stereocenters. The molecule has 0 bridgehead atoms. The second-order valence-corrected chi connectivity index (χ2v) is 9.70. The van der Waals surface area contributed by atoms with E-state index in [0.29, 0.717) is 0 Å². The van der Waals surface area contributed by atoms with Gasteiger partial charge in [-0.15, -0.1) is 11.8 Å². The second-order valence-electron chi connectivity index (χ2n) is 8.12. The molecule has 4 N–H and O–H groups in total. The van der Waals surface area contributed by atoms with Crippen molar-refractivity contribution in [1.29, 1.82) is 0 Å². The Morgan fingerprint density at radius 1 is 1.06 bits per heavy atom. The van der Waals surface area contributed by atoms with Crippen molar-refractivity contribution in [2.45, 2.75) is 16.8 Å². The summed E-state index contributed by atoms with van der Waals surface area (Å²) in [5, 5.41) is 11.2. The standard InChI is InChI=1S/C28H26N4S2/c1-3-19-20(4-2)26(24-12-10-18(16-32-24)28-30-13-14-34-28)22-8-6-5-7-21(22)25(19)23-11-9-17(15-31-23)27(29)33/h3-16,24,27-28,30,32-33H,1-2,29H2. The Labute approximate surface area is 209 Å². The number of thioether (sulfide) groups is 1. The minimum atomic E-state index is -0.362. The van der Waals surface area contributed by atoms with Gasteiger partial charge in [0.15, 0.2) is 0 Å². The summed E-state index contributed by atoms with van der Waals surface area (Å²) in [6, 6.07) is 12.4. The van der Waals surface area contributed by atoms with Gasteiger partial charge in [-0.2, -0.15) is 12.6 Å². The van der Waals surface area contributed by atoms with E-state index < -0.39 is 0 Å². The molecule has 3 unspecified atom stereocenters. The molecule has 2 aliphatic heterocycles. The molecule has 3 aromatic rings. The third kappa shape index (κ3) is 3.98. The third-order valence-corrected chi connectivity index (χ3v) is 7.46. The van der Waals surface area contributed by atoms with Crippen LogP contribution < -0.4 is 16.4 Å². The third-order valence-electron chi connectivity index (χ3n) is 6.18. The van der Waals surface area contributed by atoms with Gasteiger partial charge >= 0.3 is 0 Å². The van der Waals surface area contributed by atoms with Crippen molar-refractivity contribution < 1.29 is 0 Å². The van der Waals surface area contributed by atoms with Crippen LogP contribution in [0.2, 0.25) is 0 Å². The predicted octanol–water partition coefficient (Wildman–Crippen LogP) is 6.29. The van der Waals surface area contributed by atoms with Crippen LogP contribution >= 0.6 is 24.4 Å². The Morgan fingerprint density at radius 3 is 2.44 bits per heavy atom. The van der Waals surface area contributed by atoms with Crippen LogP contribution in [-0.2, 0) is 0 Å². The van der Waals surface area contributed by atoms with Crippen LogP contribution in [0.25, 0.3) is 34.2 Å². The molecule has 34 heavy (non-hydrogen) atoms. The zero-order valence-electron chi connectivity index (χ0n) is 18.6. The molecule has 0 spiro atoms. The summed E-state index contributed by atoms with van der Waals surface area (Å²) in [6.45, 7) is 8.32. The zero-order valence-corrected chi connectivity index (χ0v) is 20.3. The summed E-state index contributed by atoms with van der Waals surface area (Å²) in [5.74, 6) is 0. The Hall–Kier alpha value is -3.19. The van der Waals surface area contributed by atoms with E-state index in [1.54, 1.807) is 18.0 Å². The Bertz CT molecular complexity index is 1350. The molecule has 3 heterocycles. The molecule has 0 saturated heterocycles. The molecule has 5 rings (SSSR count). The average molecular weight is 483 g/mol. The highest BCUT2D eigenvalue weighted by Crippen LogP contribution is 2.41. The number of aromatic nitrogens is 1. The lowest BCUT2D eigenvalue weighted by molar-refractivity contribution is 0.731. The van der Waals surface area contributed by atoms with E-state index in [1.807, 2.05) is 30.5 Å². The highest BCUT2D eigenvalue weighted by molar-refractivity contribution is 8.03. The SMILES string of the molecule is C=Cc1c(C=C)c(C2C=CC(C3NC=CS3)=CN2)c2ccccc2c1-c1ccc(C(N)S)cn1. The van der Waals surface area contributed by atoms with Crippen molar-refractivity contribution in [3.05, 3.63) is 114 Å². The van der Waals surface area contributed by atoms with Gasteiger partial charge in [0, 0.05) is 29.7 Å². The van der Waals surface area contributed by atoms with E-state index in [4.69, 9.17) is 10.7 Å². The number of thiol groups is 1. The largest absolute Gasteiger partial charge is 0.380 e. The molecular weight excluding hydrogens is 456 g/mol. The van der Waals surface area contributed by atoms with Gasteiger partial charge < -0.3 is 16.4 Å². The topological polar surface area (TPSA) is 63.0 Å². The van der Waals surface area contributed by atoms with Crippen LogP contribution in [0.3, 0.4) is 0 Å². The van der Waals surface area contributed by atoms with E-state index in [-0.39, 0.29) is 16.8 Å². The minimum Gasteiger partial charge on any atom is -0.380 e. The van der Waals surface area contributed by atoms with Crippen LogP contribution in [0.15, 0.2) is 91.3 Å². The first-order valence-corrected chi connectivity index (χ1v) is 12.5. The lowest BCUT2D eigenvalue weighted by Crippen LogP contribution is -2.25. The number of nitrogens with two attached hydrogens (primary N) is 1. The quantitative estimate of drug-likeness (QED) is 0.246. The fourth-order valence-corrected chi connectivity index (χ4v) is 5.50. The summed E-state index contributed by atoms with van der Waals surface area (Å²) >= 11 is 6.09. The molecule has 4 nitrogen and oxygen atoms in total. The first kappa shape index (κ1) is 22.6. The molecule has 0 saturated carbocycles. The Balaban J connectivity index is 1.66. The molecule has 1 aromatic heterocycles. The van der Waals surface area contributed by atoms with Crippen molar-refractivity contribution in [1.82, 2.24) is 15.6 Å². The molecular formula is C28H26N4S2. The van der Waals surface area contributed by atoms with E-state index in [0.717, 1.165) is 38.7 Å². The number of nitrogens with one attached hydrogen (secondary N) is 2. The Kier molecular flexibility index (Phi) is 6.37. The average Bonchev–Trinajstić information content (AvgIpc) is 3.42. The maximum Gasteiger partial charge on any atom is 0.103 e. The van der Waals surface area contributed by atoms with E-state index in [1.165, 1.54) is 11.1 Å². The van der Waals surface area contributed by atoms with Crippen molar-refractivity contribution in [2.24, 2.45) is 5.73 Å². The van der Waals surface area contributed by atoms with Gasteiger partial charge in [0.05, 0.1) is 17.1 Å². The van der Waals surface area contributed by atoms with Gasteiger partial charge in [0.1, 0.15) is 5.37 Å². The molecule has 6 heteroatoms. The smallest absolute Gasteiger partial charge is 0.103 e. The van der Waals surface area contributed by atoms with Crippen molar-refractivity contribution in [2.75, 3.05) is 0 Å². The van der Waals surface area contributed by atoms with Crippen molar-refractivity contribution in [3.63, 3.8) is 0 Å². The minimum absolute atomic E-state index is 0.00581. The molecule has 170 valence electrons. The summed E-state index contributed by atoms with van der Waals surface area (Å²) in [7, 11) is 0. The first-order chi connectivity index (χ1) is 16.6. The summed E-state index contributed by atoms with van der Waals surface area (Å²) in [4.78, 5) is 4.74. The summed E-state index contributed by atoms with van der Waals surface area (Å²) < 4.78 is 0. The highest BCUT2D eigenvalue weighted by Gasteiger charge is 2.24. The van der Waals surface area contributed by atoms with Crippen LogP contribution in [0, 0.1) is 0 Å². The lowest BCUT2D eigenvalue weighted by atomic mass is 9.84. The number of benzene rings is 2. The molecule has 0 radical (unpaired) electrons. The number of hydrogen-bond donors (Lipinski definition) is 4. The van der Waals surface area contributed by atoms with Crippen LogP contribution in [-0.4, -0.2) is 10.4 Å². The zero-order chi connectivity index (χ0) is 23.7. The van der Waals surface area contributed by atoms with Crippen LogP contribution in [0.5, 0.6) is 0 Å². The first-order valence-electron chi connectivity index (χ1n) is 11.1. The number of fused-ring (bicyclic) bond motifs is 1. The van der Waals surface area contributed by atoms with Gasteiger partial charge in [-0.3, -0.25) is 4.98 Å². The summed E-state index contributed by atoms with van der Waals surface area (Å²) in [5.41, 5.74) is 13.1. The fourth-order valence-electron chi connectivity index (χ4n) is 4.58. The van der Waals surface area contributed by atoms with Crippen LogP contribution in [0.4, 0.5) is 0 Å². The van der Waals surface area contributed by atoms with E-state index >= 15 is 0 Å². The highest BCUT2D eigenvalue weighted by atomic mass is 32.2. The number of dihydropyridines is 1. The van der Waals surface area contributed by atoms with Crippen molar-refractivity contribution in [3.8, 4) is 11.3 Å². The number of pyridine rings is 1. The Morgan fingerprint density at radius 2 is 1.85 bits per heavy atom. The monoisotopic (exact) mass is 482 g/mol. The van der Waals surface area contributed by atoms with Gasteiger partial charge in [0.2, 0.25) is 0 Å². The normalized spacial score (nSPS) is 19.9. The van der Waals surface area contributed by atoms with Crippen LogP contribution in [0.1, 0.15) is 33.7 Å². The molecule has 2 aliphatic rings. The van der Waals surface area contributed by atoms with Gasteiger partial charge in [0.25, 0.3) is 0 Å². The maximum absolute atomic E-state index is 5.91. The molecule has 0 amide bonds. The lowest BCUT2D eigenvalue weighted by Gasteiger charge is -2.27. The molecule has 2 aromatic carbocycles. The van der Waals surface area contributed by atoms with Gasteiger partial charge in [-0.1, -0.05) is 67.8 Å². The van der Waals surface area contributed by atoms with E-state index in [2.05, 4.69) is 84.4 Å². The summed E-state index contributed by atoms with van der Waals surface area (Å²) in [6.07, 6.45) is 14.1. The number of nitrogens with zero attached hydrogens (tertiary/aromatic N) is 1. The number of hydrogen-bond acceptors (Lipinski definition) is 6. The predicted molar refractivity (Wildman–Crippen MR) is 150 cm³/mol. The maximum atomic E-state index is 5.91. The second kappa shape index (κ2) is 9.58. The molecule has 0 aliphatic carbocycles. The molecule has 0 fully saturated rings. The van der Waals surface area contributed by atoms with Gasteiger partial charge in [-0.05, 0) is 44.5 Å². The van der Waals surface area contributed by atoms with Crippen molar-refractivity contribution >= 4 is 47.3 Å².